The van der Waals surface area contributed by atoms with Crippen LogP contribution in [0, 0.1) is 0 Å². The van der Waals surface area contributed by atoms with Gasteiger partial charge in [-0.2, -0.15) is 0 Å². The number of carbonyl (C=O) groups is 4. The molecule has 13 nitrogen and oxygen atoms in total. The van der Waals surface area contributed by atoms with Crippen LogP contribution in [0.2, 0.25) is 0 Å². The summed E-state index contributed by atoms with van der Waals surface area (Å²) >= 11 is 0. The summed E-state index contributed by atoms with van der Waals surface area (Å²) in [7, 11) is 0. The van der Waals surface area contributed by atoms with E-state index in [4.69, 9.17) is 22.9 Å². The zero-order valence-corrected chi connectivity index (χ0v) is 18.3. The maximum atomic E-state index is 12.6. The Bertz CT molecular complexity index is 683. The van der Waals surface area contributed by atoms with Gasteiger partial charge in [0.25, 0.3) is 0 Å². The summed E-state index contributed by atoms with van der Waals surface area (Å²) in [6.45, 7) is 0.775. The minimum Gasteiger partial charge on any atom is -0.480 e. The Balaban J connectivity index is 2.51. The Kier molecular flexibility index (Phi) is 12.0. The number of likely N-dealkylation sites (tertiary alicyclic amines) is 1. The van der Waals surface area contributed by atoms with Crippen molar-refractivity contribution in [3.05, 3.63) is 0 Å². The highest BCUT2D eigenvalue weighted by atomic mass is 16.4. The van der Waals surface area contributed by atoms with E-state index < -0.39 is 42.5 Å². The number of nitrogens with one attached hydrogen (secondary N) is 2. The van der Waals surface area contributed by atoms with Crippen LogP contribution in [0.3, 0.4) is 0 Å². The quantitative estimate of drug-likeness (QED) is 0.0809. The minimum absolute atomic E-state index is 0.0976. The van der Waals surface area contributed by atoms with Crippen molar-refractivity contribution in [2.75, 3.05) is 26.2 Å². The number of unbranched alkanes of at least 4 members (excludes halogenated alkanes) is 1. The van der Waals surface area contributed by atoms with Crippen LogP contribution in [0.5, 0.6) is 0 Å². The molecule has 3 atom stereocenters. The molecule has 0 bridgehead atoms. The minimum atomic E-state index is -1.20. The third kappa shape index (κ3) is 9.47. The van der Waals surface area contributed by atoms with Crippen LogP contribution in [0.15, 0.2) is 4.99 Å². The van der Waals surface area contributed by atoms with Gasteiger partial charge in [-0.05, 0) is 45.1 Å². The maximum absolute atomic E-state index is 12.6. The number of amides is 3. The molecule has 0 aromatic rings. The largest absolute Gasteiger partial charge is 0.480 e. The number of aliphatic carboxylic acids is 1. The summed E-state index contributed by atoms with van der Waals surface area (Å²) in [5, 5.41) is 14.1. The fourth-order valence-electron chi connectivity index (χ4n) is 3.44. The van der Waals surface area contributed by atoms with Crippen molar-refractivity contribution in [2.24, 2.45) is 27.9 Å². The highest BCUT2D eigenvalue weighted by Crippen LogP contribution is 2.19. The van der Waals surface area contributed by atoms with Crippen molar-refractivity contribution in [1.82, 2.24) is 15.5 Å². The molecule has 1 rings (SSSR count). The van der Waals surface area contributed by atoms with Gasteiger partial charge in [0, 0.05) is 13.1 Å². The molecule has 0 saturated carbocycles. The average Bonchev–Trinajstić information content (AvgIpc) is 3.23. The van der Waals surface area contributed by atoms with E-state index >= 15 is 0 Å². The van der Waals surface area contributed by atoms with Crippen molar-refractivity contribution in [3.8, 4) is 0 Å². The second-order valence-corrected chi connectivity index (χ2v) is 7.71. The van der Waals surface area contributed by atoms with Gasteiger partial charge in [0.2, 0.25) is 17.7 Å². The molecule has 0 radical (unpaired) electrons. The molecule has 0 aromatic carbocycles. The van der Waals surface area contributed by atoms with Gasteiger partial charge in [-0.1, -0.05) is 6.42 Å². The first kappa shape index (κ1) is 27.1. The number of nitrogens with zero attached hydrogens (tertiary/aromatic N) is 2. The molecule has 3 unspecified atom stereocenters. The van der Waals surface area contributed by atoms with Gasteiger partial charge in [0.05, 0.1) is 12.6 Å². The number of guanidine groups is 1. The Morgan fingerprint density at radius 1 is 1.12 bits per heavy atom. The van der Waals surface area contributed by atoms with Gasteiger partial charge in [0.15, 0.2) is 5.96 Å². The predicted octanol–water partition coefficient (Wildman–Crippen LogP) is -2.83. The van der Waals surface area contributed by atoms with Crippen molar-refractivity contribution in [3.63, 3.8) is 0 Å². The first-order valence-corrected chi connectivity index (χ1v) is 10.8. The van der Waals surface area contributed by atoms with Crippen molar-refractivity contribution in [1.29, 1.82) is 0 Å². The van der Waals surface area contributed by atoms with Gasteiger partial charge in [-0.25, -0.2) is 4.79 Å². The smallest absolute Gasteiger partial charge is 0.326 e. The van der Waals surface area contributed by atoms with E-state index in [1.165, 1.54) is 4.90 Å². The predicted molar refractivity (Wildman–Crippen MR) is 118 cm³/mol. The number of aliphatic imine (C=N–C) groups is 1. The lowest BCUT2D eigenvalue weighted by atomic mass is 10.1. The molecule has 182 valence electrons. The maximum Gasteiger partial charge on any atom is 0.326 e. The van der Waals surface area contributed by atoms with Crippen LogP contribution in [-0.4, -0.2) is 84.0 Å². The Morgan fingerprint density at radius 3 is 2.47 bits per heavy atom. The van der Waals surface area contributed by atoms with E-state index in [1.807, 2.05) is 0 Å². The Morgan fingerprint density at radius 2 is 1.84 bits per heavy atom. The van der Waals surface area contributed by atoms with E-state index in [0.717, 1.165) is 12.8 Å². The second kappa shape index (κ2) is 14.2. The molecule has 13 heteroatoms. The lowest BCUT2D eigenvalue weighted by molar-refractivity contribution is -0.142. The van der Waals surface area contributed by atoms with Crippen molar-refractivity contribution >= 4 is 29.7 Å². The SMILES string of the molecule is NCCCCC(N)C(=O)N1CCCC1C(=O)NCC(=O)NC(CCCN=C(N)N)C(=O)O. The van der Waals surface area contributed by atoms with Gasteiger partial charge < -0.3 is 43.6 Å². The molecule has 32 heavy (non-hydrogen) atoms. The van der Waals surface area contributed by atoms with E-state index in [2.05, 4.69) is 15.6 Å². The van der Waals surface area contributed by atoms with Crippen molar-refractivity contribution < 1.29 is 24.3 Å². The standard InChI is InChI=1S/C19H36N8O5/c20-8-2-1-5-12(21)17(30)27-10-4-7-14(27)16(29)25-11-15(28)26-13(18(31)32)6-3-9-24-19(22)23/h12-14H,1-11,20-21H2,(H,25,29)(H,26,28)(H,31,32)(H4,22,23,24). The summed E-state index contributed by atoms with van der Waals surface area (Å²) in [5.41, 5.74) is 21.8. The molecule has 0 aliphatic carbocycles. The molecular weight excluding hydrogens is 420 g/mol. The van der Waals surface area contributed by atoms with E-state index in [9.17, 15) is 24.3 Å². The number of rotatable bonds is 14. The Hall–Kier alpha value is -2.93. The normalized spacial score (nSPS) is 17.3. The number of hydrogen-bond acceptors (Lipinski definition) is 7. The lowest BCUT2D eigenvalue weighted by Gasteiger charge is -2.26. The molecule has 3 amide bonds. The molecule has 11 N–H and O–H groups in total. The molecule has 1 aliphatic rings. The van der Waals surface area contributed by atoms with E-state index in [1.54, 1.807) is 0 Å². The summed E-state index contributed by atoms with van der Waals surface area (Å²) < 4.78 is 0. The third-order valence-electron chi connectivity index (χ3n) is 5.13. The topological polar surface area (TPSA) is 232 Å². The number of carbonyl (C=O) groups excluding carboxylic acids is 3. The lowest BCUT2D eigenvalue weighted by Crippen LogP contribution is -2.53. The highest BCUT2D eigenvalue weighted by molar-refractivity contribution is 5.93. The molecule has 0 aromatic heterocycles. The number of carboxylic acid groups (broad SMARTS) is 1. The fraction of sp³-hybridized carbons (Fsp3) is 0.737. The molecule has 1 heterocycles. The van der Waals surface area contributed by atoms with E-state index in [0.29, 0.717) is 38.8 Å². The molecular formula is C19H36N8O5. The molecule has 1 fully saturated rings. The van der Waals surface area contributed by atoms with Crippen LogP contribution in [0.25, 0.3) is 0 Å². The van der Waals surface area contributed by atoms with E-state index in [-0.39, 0.29) is 24.8 Å². The first-order valence-electron chi connectivity index (χ1n) is 10.8. The van der Waals surface area contributed by atoms with Gasteiger partial charge in [-0.3, -0.25) is 19.4 Å². The number of carboxylic acids is 1. The zero-order valence-electron chi connectivity index (χ0n) is 18.3. The first-order chi connectivity index (χ1) is 15.2. The monoisotopic (exact) mass is 456 g/mol. The van der Waals surface area contributed by atoms with Gasteiger partial charge in [0.1, 0.15) is 12.1 Å². The van der Waals surface area contributed by atoms with Gasteiger partial charge in [-0.15, -0.1) is 0 Å². The summed E-state index contributed by atoms with van der Waals surface area (Å²) in [4.78, 5) is 53.8. The Labute approximate surface area is 187 Å². The van der Waals surface area contributed by atoms with Crippen LogP contribution in [-0.2, 0) is 19.2 Å². The van der Waals surface area contributed by atoms with Crippen LogP contribution < -0.4 is 33.6 Å². The number of nitrogens with two attached hydrogens (primary N) is 4. The zero-order chi connectivity index (χ0) is 24.1. The summed E-state index contributed by atoms with van der Waals surface area (Å²) in [6.07, 6.45) is 3.59. The summed E-state index contributed by atoms with van der Waals surface area (Å²) in [6, 6.07) is -2.54. The highest BCUT2D eigenvalue weighted by Gasteiger charge is 2.36. The third-order valence-corrected chi connectivity index (χ3v) is 5.13. The molecule has 1 saturated heterocycles. The van der Waals surface area contributed by atoms with Crippen LogP contribution >= 0.6 is 0 Å². The average molecular weight is 457 g/mol. The number of hydrogen-bond donors (Lipinski definition) is 7. The summed E-state index contributed by atoms with van der Waals surface area (Å²) in [5.74, 6) is -2.72. The van der Waals surface area contributed by atoms with Crippen LogP contribution in [0.1, 0.15) is 44.9 Å². The van der Waals surface area contributed by atoms with Crippen LogP contribution in [0.4, 0.5) is 0 Å². The fourth-order valence-corrected chi connectivity index (χ4v) is 3.44. The van der Waals surface area contributed by atoms with Gasteiger partial charge >= 0.3 is 5.97 Å². The molecule has 1 aliphatic heterocycles. The van der Waals surface area contributed by atoms with Crippen molar-refractivity contribution in [2.45, 2.75) is 63.1 Å². The second-order valence-electron chi connectivity index (χ2n) is 7.71. The molecule has 0 spiro atoms.